The molecule has 3 nitrogen and oxygen atoms in total. The van der Waals surface area contributed by atoms with Gasteiger partial charge in [0.15, 0.2) is 0 Å². The second-order valence-corrected chi connectivity index (χ2v) is 2.02. The zero-order valence-electron chi connectivity index (χ0n) is 6.13. The van der Waals surface area contributed by atoms with Gasteiger partial charge in [-0.1, -0.05) is 5.92 Å². The third-order valence-electron chi connectivity index (χ3n) is 0.922. The molecule has 0 amide bonds. The molecule has 1 unspecified atom stereocenters. The smallest absolute Gasteiger partial charge is 0.128 e. The Labute approximate surface area is 61.3 Å². The first kappa shape index (κ1) is 9.44. The highest BCUT2D eigenvalue weighted by Gasteiger charge is 1.92. The summed E-state index contributed by atoms with van der Waals surface area (Å²) in [5.41, 5.74) is 2.62. The van der Waals surface area contributed by atoms with Crippen LogP contribution in [0.5, 0.6) is 0 Å². The van der Waals surface area contributed by atoms with Crippen LogP contribution in [0, 0.1) is 12.3 Å². The molecule has 0 spiro atoms. The predicted octanol–water partition coefficient (Wildman–Crippen LogP) is -0.0883. The van der Waals surface area contributed by atoms with Gasteiger partial charge in [0.1, 0.15) is 6.61 Å². The van der Waals surface area contributed by atoms with E-state index in [1.54, 1.807) is 6.92 Å². The van der Waals surface area contributed by atoms with Crippen molar-refractivity contribution >= 4 is 0 Å². The molecule has 0 aliphatic rings. The molecule has 2 N–H and O–H groups in total. The number of rotatable bonds is 5. The lowest BCUT2D eigenvalue weighted by Gasteiger charge is -2.03. The van der Waals surface area contributed by atoms with Crippen molar-refractivity contribution in [2.75, 3.05) is 13.2 Å². The van der Waals surface area contributed by atoms with Crippen molar-refractivity contribution in [1.82, 2.24) is 5.48 Å². The molecule has 0 fully saturated rings. The Hall–Kier alpha value is -0.560. The Kier molecular flexibility index (Phi) is 6.19. The minimum Gasteiger partial charge on any atom is -0.393 e. The summed E-state index contributed by atoms with van der Waals surface area (Å²) in [7, 11) is 0. The highest BCUT2D eigenvalue weighted by atomic mass is 16.6. The molecule has 58 valence electrons. The van der Waals surface area contributed by atoms with Gasteiger partial charge >= 0.3 is 0 Å². The maximum atomic E-state index is 8.77. The van der Waals surface area contributed by atoms with Gasteiger partial charge in [-0.2, -0.15) is 0 Å². The van der Waals surface area contributed by atoms with Crippen molar-refractivity contribution in [2.45, 2.75) is 19.4 Å². The fraction of sp³-hybridized carbons (Fsp3) is 0.714. The lowest BCUT2D eigenvalue weighted by atomic mass is 10.3. The Balaban J connectivity index is 2.86. The van der Waals surface area contributed by atoms with Crippen LogP contribution >= 0.6 is 0 Å². The summed E-state index contributed by atoms with van der Waals surface area (Å²) >= 11 is 0. The van der Waals surface area contributed by atoms with Crippen LogP contribution in [0.3, 0.4) is 0 Å². The van der Waals surface area contributed by atoms with Crippen molar-refractivity contribution in [2.24, 2.45) is 0 Å². The summed E-state index contributed by atoms with van der Waals surface area (Å²) in [6, 6.07) is 0. The van der Waals surface area contributed by atoms with E-state index in [2.05, 4.69) is 11.4 Å². The molecular formula is C7H13NO2. The van der Waals surface area contributed by atoms with Gasteiger partial charge in [0, 0.05) is 6.54 Å². The van der Waals surface area contributed by atoms with Gasteiger partial charge in [0.05, 0.1) is 6.10 Å². The van der Waals surface area contributed by atoms with Crippen LogP contribution < -0.4 is 5.48 Å². The largest absolute Gasteiger partial charge is 0.393 e. The number of aliphatic hydroxyl groups is 1. The minimum absolute atomic E-state index is 0.264. The van der Waals surface area contributed by atoms with Crippen LogP contribution in [-0.2, 0) is 4.84 Å². The van der Waals surface area contributed by atoms with E-state index in [-0.39, 0.29) is 12.7 Å². The Bertz CT molecular complexity index is 107. The molecule has 0 aliphatic carbocycles. The van der Waals surface area contributed by atoms with E-state index in [0.717, 1.165) is 0 Å². The molecule has 0 aromatic rings. The maximum absolute atomic E-state index is 8.77. The van der Waals surface area contributed by atoms with E-state index in [1.165, 1.54) is 0 Å². The van der Waals surface area contributed by atoms with Crippen molar-refractivity contribution in [3.05, 3.63) is 0 Å². The molecule has 0 saturated carbocycles. The van der Waals surface area contributed by atoms with Crippen molar-refractivity contribution in [1.29, 1.82) is 0 Å². The quantitative estimate of drug-likeness (QED) is 0.321. The zero-order chi connectivity index (χ0) is 7.82. The lowest BCUT2D eigenvalue weighted by Crippen LogP contribution is -2.19. The van der Waals surface area contributed by atoms with Crippen molar-refractivity contribution in [3.63, 3.8) is 0 Å². The van der Waals surface area contributed by atoms with Crippen LogP contribution in [0.1, 0.15) is 13.3 Å². The van der Waals surface area contributed by atoms with Gasteiger partial charge in [-0.3, -0.25) is 4.84 Å². The summed E-state index contributed by atoms with van der Waals surface area (Å²) in [5, 5.41) is 8.77. The molecule has 0 bridgehead atoms. The number of nitrogens with one attached hydrogen (secondary N) is 1. The Morgan fingerprint density at radius 3 is 3.00 bits per heavy atom. The molecule has 0 aromatic heterocycles. The first-order valence-electron chi connectivity index (χ1n) is 3.23. The number of hydrogen-bond donors (Lipinski definition) is 2. The van der Waals surface area contributed by atoms with Crippen LogP contribution in [0.25, 0.3) is 0 Å². The van der Waals surface area contributed by atoms with Gasteiger partial charge in [0.2, 0.25) is 0 Å². The minimum atomic E-state index is -0.290. The molecule has 0 saturated heterocycles. The normalized spacial score (nSPS) is 12.5. The number of hydrogen-bond acceptors (Lipinski definition) is 3. The van der Waals surface area contributed by atoms with E-state index in [9.17, 15) is 0 Å². The predicted molar refractivity (Wildman–Crippen MR) is 39.1 cm³/mol. The highest BCUT2D eigenvalue weighted by molar-refractivity contribution is 4.82. The first-order valence-corrected chi connectivity index (χ1v) is 3.23. The molecule has 0 radical (unpaired) electrons. The monoisotopic (exact) mass is 143 g/mol. The maximum Gasteiger partial charge on any atom is 0.128 e. The number of terminal acetylenes is 1. The Morgan fingerprint density at radius 2 is 2.50 bits per heavy atom. The standard InChI is InChI=1S/C7H13NO2/c1-3-6-10-8-5-4-7(2)9/h1,7-9H,4-6H2,2H3. The number of hydroxylamine groups is 1. The first-order chi connectivity index (χ1) is 4.77. The average molecular weight is 143 g/mol. The summed E-state index contributed by atoms with van der Waals surface area (Å²) in [6.07, 6.45) is 5.29. The third-order valence-corrected chi connectivity index (χ3v) is 0.922. The number of aliphatic hydroxyl groups excluding tert-OH is 1. The average Bonchev–Trinajstić information content (AvgIpc) is 1.87. The van der Waals surface area contributed by atoms with Gasteiger partial charge in [0.25, 0.3) is 0 Å². The van der Waals surface area contributed by atoms with Crippen LogP contribution in [0.15, 0.2) is 0 Å². The second kappa shape index (κ2) is 6.56. The van der Waals surface area contributed by atoms with Crippen molar-refractivity contribution < 1.29 is 9.94 Å². The highest BCUT2D eigenvalue weighted by Crippen LogP contribution is 1.84. The van der Waals surface area contributed by atoms with E-state index in [1.807, 2.05) is 0 Å². The fourth-order valence-corrected chi connectivity index (χ4v) is 0.433. The molecule has 0 aliphatic heterocycles. The van der Waals surface area contributed by atoms with E-state index in [4.69, 9.17) is 16.4 Å². The third kappa shape index (κ3) is 7.44. The summed E-state index contributed by atoms with van der Waals surface area (Å²) in [4.78, 5) is 4.74. The molecule has 0 rings (SSSR count). The zero-order valence-corrected chi connectivity index (χ0v) is 6.13. The van der Waals surface area contributed by atoms with E-state index in [0.29, 0.717) is 13.0 Å². The summed E-state index contributed by atoms with van der Waals surface area (Å²) in [6.45, 7) is 2.61. The van der Waals surface area contributed by atoms with E-state index < -0.39 is 0 Å². The molecule has 3 heteroatoms. The fourth-order valence-electron chi connectivity index (χ4n) is 0.433. The van der Waals surface area contributed by atoms with Crippen molar-refractivity contribution in [3.8, 4) is 12.3 Å². The second-order valence-electron chi connectivity index (χ2n) is 2.02. The van der Waals surface area contributed by atoms with Gasteiger partial charge in [-0.05, 0) is 13.3 Å². The van der Waals surface area contributed by atoms with Gasteiger partial charge in [-0.25, -0.2) is 5.48 Å². The summed E-state index contributed by atoms with van der Waals surface area (Å²) < 4.78 is 0. The Morgan fingerprint density at radius 1 is 1.80 bits per heavy atom. The molecular weight excluding hydrogens is 130 g/mol. The lowest BCUT2D eigenvalue weighted by molar-refractivity contribution is 0.0554. The summed E-state index contributed by atoms with van der Waals surface area (Å²) in [5.74, 6) is 2.31. The topological polar surface area (TPSA) is 41.5 Å². The molecule has 0 aromatic carbocycles. The molecule has 10 heavy (non-hydrogen) atoms. The van der Waals surface area contributed by atoms with Crippen LogP contribution in [0.2, 0.25) is 0 Å². The molecule has 1 atom stereocenters. The SMILES string of the molecule is C#CCONCCC(C)O. The van der Waals surface area contributed by atoms with Crippen LogP contribution in [-0.4, -0.2) is 24.4 Å². The van der Waals surface area contributed by atoms with E-state index >= 15 is 0 Å². The van der Waals surface area contributed by atoms with Gasteiger partial charge < -0.3 is 5.11 Å². The molecule has 0 heterocycles. The van der Waals surface area contributed by atoms with Gasteiger partial charge in [-0.15, -0.1) is 6.42 Å². The van der Waals surface area contributed by atoms with Crippen LogP contribution in [0.4, 0.5) is 0 Å².